The van der Waals surface area contributed by atoms with Crippen LogP contribution in [0.15, 0.2) is 0 Å². The van der Waals surface area contributed by atoms with Gasteiger partial charge in [-0.25, -0.2) is 9.36 Å². The topological polar surface area (TPSA) is 152 Å². The molecule has 0 amide bonds. The number of aliphatic hydroxyl groups excluding tert-OH is 1. The zero-order chi connectivity index (χ0) is 26.5. The van der Waals surface area contributed by atoms with Gasteiger partial charge in [-0.2, -0.15) is 0 Å². The van der Waals surface area contributed by atoms with Crippen molar-refractivity contribution in [2.24, 2.45) is 5.92 Å². The van der Waals surface area contributed by atoms with E-state index in [1.807, 2.05) is 14.1 Å². The van der Waals surface area contributed by atoms with Crippen molar-refractivity contribution >= 4 is 24.1 Å². The van der Waals surface area contributed by atoms with E-state index in [9.17, 15) is 14.5 Å². The number of rotatable bonds is 24. The van der Waals surface area contributed by atoms with Gasteiger partial charge in [-0.05, 0) is 58.3 Å². The molecule has 4 unspecified atom stereocenters. The molecule has 0 aromatic heterocycles. The Balaban J connectivity index is 5.00. The molecule has 0 bridgehead atoms. The lowest BCUT2D eigenvalue weighted by atomic mass is 10.2. The number of esters is 1. The van der Waals surface area contributed by atoms with Gasteiger partial charge in [0, 0.05) is 20.0 Å². The standard InChI is InChI=1S/C20H43N2O11PS/c1-16(30-19(23)13-28-9-7-26-5)32-34(25,35-15-18(11-21-3)12-22-4)33-17(2)31-20(24)14-29-10-8-27-6/h16-19,21-23H,7-15H2,1-6H3. The molecule has 35 heavy (non-hydrogen) atoms. The third kappa shape index (κ3) is 19.4. The average molecular weight is 551 g/mol. The number of carbonyl (C=O) groups excluding carboxylic acids is 1. The summed E-state index contributed by atoms with van der Waals surface area (Å²) in [5, 5.41) is 16.1. The summed E-state index contributed by atoms with van der Waals surface area (Å²) < 4.78 is 55.1. The maximum atomic E-state index is 13.5. The van der Waals surface area contributed by atoms with Gasteiger partial charge in [0.1, 0.15) is 6.61 Å². The van der Waals surface area contributed by atoms with Crippen molar-refractivity contribution in [1.82, 2.24) is 10.6 Å². The summed E-state index contributed by atoms with van der Waals surface area (Å²) in [6.07, 6.45) is -3.61. The molecule has 3 N–H and O–H groups in total. The van der Waals surface area contributed by atoms with Crippen molar-refractivity contribution < 1.29 is 51.9 Å². The first-order valence-electron chi connectivity index (χ1n) is 11.3. The zero-order valence-electron chi connectivity index (χ0n) is 21.6. The second-order valence-electron chi connectivity index (χ2n) is 7.26. The van der Waals surface area contributed by atoms with Crippen LogP contribution in [0.1, 0.15) is 13.8 Å². The number of aliphatic hydroxyl groups is 1. The number of ether oxygens (including phenoxy) is 6. The lowest BCUT2D eigenvalue weighted by Gasteiger charge is -2.27. The molecule has 0 rings (SSSR count). The molecule has 0 aromatic rings. The van der Waals surface area contributed by atoms with Crippen LogP contribution in [0.4, 0.5) is 0 Å². The number of carbonyl (C=O) groups is 1. The molecule has 0 aliphatic rings. The van der Waals surface area contributed by atoms with E-state index >= 15 is 0 Å². The van der Waals surface area contributed by atoms with Gasteiger partial charge in [-0.15, -0.1) is 0 Å². The summed E-state index contributed by atoms with van der Waals surface area (Å²) in [5.74, 6) is -0.172. The summed E-state index contributed by atoms with van der Waals surface area (Å²) >= 11 is 0.954. The van der Waals surface area contributed by atoms with Gasteiger partial charge in [0.05, 0.1) is 33.0 Å². The Bertz CT molecular complexity index is 573. The Labute approximate surface area is 212 Å². The van der Waals surface area contributed by atoms with E-state index in [1.165, 1.54) is 28.1 Å². The Morgan fingerprint density at radius 1 is 0.943 bits per heavy atom. The minimum atomic E-state index is -3.89. The highest BCUT2D eigenvalue weighted by molar-refractivity contribution is 8.55. The van der Waals surface area contributed by atoms with Crippen LogP contribution in [0.5, 0.6) is 0 Å². The van der Waals surface area contributed by atoms with Crippen molar-refractivity contribution in [3.63, 3.8) is 0 Å². The molecular weight excluding hydrogens is 507 g/mol. The van der Waals surface area contributed by atoms with Crippen molar-refractivity contribution in [3.8, 4) is 0 Å². The monoisotopic (exact) mass is 550 g/mol. The molecule has 0 heterocycles. The first-order chi connectivity index (χ1) is 16.7. The molecule has 210 valence electrons. The van der Waals surface area contributed by atoms with Crippen molar-refractivity contribution in [3.05, 3.63) is 0 Å². The minimum absolute atomic E-state index is 0.110. The average Bonchev–Trinajstić information content (AvgIpc) is 2.78. The lowest BCUT2D eigenvalue weighted by molar-refractivity contribution is -0.212. The molecule has 0 saturated carbocycles. The van der Waals surface area contributed by atoms with E-state index < -0.39 is 31.6 Å². The van der Waals surface area contributed by atoms with E-state index in [1.54, 1.807) is 0 Å². The zero-order valence-corrected chi connectivity index (χ0v) is 23.3. The van der Waals surface area contributed by atoms with E-state index in [0.717, 1.165) is 11.4 Å². The van der Waals surface area contributed by atoms with Crippen LogP contribution < -0.4 is 10.6 Å². The fourth-order valence-corrected chi connectivity index (χ4v) is 6.46. The Hall–Kier alpha value is -0.350. The van der Waals surface area contributed by atoms with Crippen molar-refractivity contribution in [1.29, 1.82) is 0 Å². The lowest BCUT2D eigenvalue weighted by Crippen LogP contribution is -2.30. The van der Waals surface area contributed by atoms with E-state index in [-0.39, 0.29) is 32.3 Å². The molecule has 13 nitrogen and oxygen atoms in total. The first-order valence-corrected chi connectivity index (χ1v) is 14.4. The SMILES string of the molecule is CNCC(CNC)CSP(=O)(OC(C)OC(=O)COCCOC)OC(C)OC(O)COCCOC. The van der Waals surface area contributed by atoms with Crippen LogP contribution in [0, 0.1) is 5.92 Å². The fourth-order valence-electron chi connectivity index (χ4n) is 2.56. The third-order valence-electron chi connectivity index (χ3n) is 4.00. The molecule has 0 aliphatic carbocycles. The summed E-state index contributed by atoms with van der Waals surface area (Å²) in [7, 11) is 6.69. The van der Waals surface area contributed by atoms with Crippen molar-refractivity contribution in [2.75, 3.05) is 86.8 Å². The normalized spacial score (nSPS) is 16.1. The van der Waals surface area contributed by atoms with Crippen molar-refractivity contribution in [2.45, 2.75) is 32.7 Å². The largest absolute Gasteiger partial charge is 0.434 e. The van der Waals surface area contributed by atoms with Gasteiger partial charge in [-0.1, -0.05) is 0 Å². The molecule has 0 saturated heterocycles. The predicted octanol–water partition coefficient (Wildman–Crippen LogP) is 0.812. The molecule has 0 spiro atoms. The number of methoxy groups -OCH3 is 2. The molecule has 0 radical (unpaired) electrons. The maximum Gasteiger partial charge on any atom is 0.394 e. The second kappa shape index (κ2) is 21.7. The summed E-state index contributed by atoms with van der Waals surface area (Å²) in [6, 6.07) is 0. The van der Waals surface area contributed by atoms with Crippen LogP contribution in [0.25, 0.3) is 0 Å². The quantitative estimate of drug-likeness (QED) is 0.0672. The molecule has 15 heteroatoms. The Morgan fingerprint density at radius 3 is 2.09 bits per heavy atom. The van der Waals surface area contributed by atoms with Gasteiger partial charge < -0.3 is 44.2 Å². The van der Waals surface area contributed by atoms with Gasteiger partial charge in [0.15, 0.2) is 12.6 Å². The number of hydrogen-bond acceptors (Lipinski definition) is 14. The van der Waals surface area contributed by atoms with Gasteiger partial charge in [0.2, 0.25) is 6.29 Å². The smallest absolute Gasteiger partial charge is 0.394 e. The first kappa shape index (κ1) is 34.6. The van der Waals surface area contributed by atoms with Crippen LogP contribution in [-0.4, -0.2) is 117 Å². The molecule has 0 fully saturated rings. The van der Waals surface area contributed by atoms with E-state index in [0.29, 0.717) is 32.1 Å². The molecule has 4 atom stereocenters. The highest BCUT2D eigenvalue weighted by Gasteiger charge is 2.34. The Morgan fingerprint density at radius 2 is 1.51 bits per heavy atom. The minimum Gasteiger partial charge on any atom is -0.434 e. The highest BCUT2D eigenvalue weighted by atomic mass is 32.7. The third-order valence-corrected chi connectivity index (χ3v) is 7.96. The second-order valence-corrected chi connectivity index (χ2v) is 11.3. The van der Waals surface area contributed by atoms with Gasteiger partial charge in [0.25, 0.3) is 0 Å². The van der Waals surface area contributed by atoms with E-state index in [2.05, 4.69) is 10.6 Å². The van der Waals surface area contributed by atoms with Gasteiger partial charge in [-0.3, -0.25) is 9.05 Å². The van der Waals surface area contributed by atoms with E-state index in [4.69, 9.17) is 37.5 Å². The Kier molecular flexibility index (Phi) is 21.5. The highest BCUT2D eigenvalue weighted by Crippen LogP contribution is 2.62. The van der Waals surface area contributed by atoms with Crippen LogP contribution in [0.3, 0.4) is 0 Å². The number of hydrogen-bond donors (Lipinski definition) is 3. The van der Waals surface area contributed by atoms with Crippen LogP contribution in [0.2, 0.25) is 0 Å². The van der Waals surface area contributed by atoms with Crippen LogP contribution >= 0.6 is 18.2 Å². The summed E-state index contributed by atoms with van der Waals surface area (Å²) in [6.45, 7) is 1.10. The summed E-state index contributed by atoms with van der Waals surface area (Å²) in [4.78, 5) is 12.0. The maximum absolute atomic E-state index is 13.5. The fraction of sp³-hybridized carbons (Fsp3) is 0.950. The van der Waals surface area contributed by atoms with Crippen LogP contribution in [-0.2, 0) is 46.8 Å². The predicted molar refractivity (Wildman–Crippen MR) is 131 cm³/mol. The van der Waals surface area contributed by atoms with Gasteiger partial charge >= 0.3 is 12.8 Å². The molecular formula is C20H43N2O11PS. The molecule has 0 aliphatic heterocycles. The molecule has 0 aromatic carbocycles. The number of nitrogens with one attached hydrogen (secondary N) is 2. The summed E-state index contributed by atoms with van der Waals surface area (Å²) in [5.41, 5.74) is 0.